The molecular weight excluding hydrogens is 298 g/mol. The van der Waals surface area contributed by atoms with E-state index in [0.717, 1.165) is 29.7 Å². The molecule has 0 atom stereocenters. The number of para-hydroxylation sites is 2. The first-order valence-corrected chi connectivity index (χ1v) is 8.45. The number of imidazole rings is 1. The van der Waals surface area contributed by atoms with Crippen LogP contribution in [0.15, 0.2) is 48.5 Å². The van der Waals surface area contributed by atoms with Gasteiger partial charge in [0.1, 0.15) is 5.82 Å². The Labute approximate surface area is 142 Å². The molecule has 0 aliphatic heterocycles. The first-order valence-electron chi connectivity index (χ1n) is 8.45. The zero-order valence-corrected chi connectivity index (χ0v) is 14.2. The maximum Gasteiger partial charge on any atom is 0.251 e. The van der Waals surface area contributed by atoms with Crippen LogP contribution in [-0.2, 0) is 6.42 Å². The van der Waals surface area contributed by atoms with E-state index in [0.29, 0.717) is 18.0 Å². The topological polar surface area (TPSA) is 57.8 Å². The summed E-state index contributed by atoms with van der Waals surface area (Å²) in [5.41, 5.74) is 4.00. The van der Waals surface area contributed by atoms with Gasteiger partial charge in [-0.15, -0.1) is 0 Å². The molecule has 0 bridgehead atoms. The highest BCUT2D eigenvalue weighted by Crippen LogP contribution is 2.14. The van der Waals surface area contributed by atoms with Crippen LogP contribution < -0.4 is 5.32 Å². The lowest BCUT2D eigenvalue weighted by molar-refractivity contribution is 0.0953. The molecule has 0 radical (unpaired) electrons. The van der Waals surface area contributed by atoms with Crippen LogP contribution in [-0.4, -0.2) is 22.4 Å². The van der Waals surface area contributed by atoms with E-state index < -0.39 is 0 Å². The molecule has 1 amide bonds. The molecule has 3 aromatic rings. The number of carbonyl (C=O) groups is 1. The van der Waals surface area contributed by atoms with Gasteiger partial charge in [-0.1, -0.05) is 38.1 Å². The second-order valence-corrected chi connectivity index (χ2v) is 6.34. The van der Waals surface area contributed by atoms with Crippen molar-refractivity contribution in [3.63, 3.8) is 0 Å². The van der Waals surface area contributed by atoms with Gasteiger partial charge in [-0.3, -0.25) is 4.79 Å². The van der Waals surface area contributed by atoms with Gasteiger partial charge in [0.15, 0.2) is 0 Å². The number of benzene rings is 2. The van der Waals surface area contributed by atoms with Gasteiger partial charge in [-0.05, 0) is 42.2 Å². The van der Waals surface area contributed by atoms with Gasteiger partial charge in [0.2, 0.25) is 0 Å². The minimum absolute atomic E-state index is 0.0186. The third kappa shape index (κ3) is 3.82. The summed E-state index contributed by atoms with van der Waals surface area (Å²) in [6.45, 7) is 4.93. The first-order chi connectivity index (χ1) is 11.6. The highest BCUT2D eigenvalue weighted by atomic mass is 16.1. The van der Waals surface area contributed by atoms with Crippen LogP contribution >= 0.6 is 0 Å². The summed E-state index contributed by atoms with van der Waals surface area (Å²) < 4.78 is 0. The molecule has 2 aromatic carbocycles. The summed E-state index contributed by atoms with van der Waals surface area (Å²) >= 11 is 0. The molecule has 24 heavy (non-hydrogen) atoms. The van der Waals surface area contributed by atoms with Crippen molar-refractivity contribution >= 4 is 16.9 Å². The Balaban J connectivity index is 1.48. The largest absolute Gasteiger partial charge is 0.352 e. The maximum atomic E-state index is 12.1. The van der Waals surface area contributed by atoms with Crippen LogP contribution in [0.5, 0.6) is 0 Å². The molecule has 3 rings (SSSR count). The van der Waals surface area contributed by atoms with Crippen molar-refractivity contribution in [2.75, 3.05) is 6.54 Å². The molecule has 124 valence electrons. The van der Waals surface area contributed by atoms with Crippen molar-refractivity contribution in [2.45, 2.75) is 32.6 Å². The second-order valence-electron chi connectivity index (χ2n) is 6.34. The van der Waals surface area contributed by atoms with E-state index in [9.17, 15) is 4.79 Å². The van der Waals surface area contributed by atoms with E-state index in [1.54, 1.807) is 0 Å². The van der Waals surface area contributed by atoms with Crippen molar-refractivity contribution in [1.29, 1.82) is 0 Å². The Hall–Kier alpha value is -2.62. The number of hydrogen-bond donors (Lipinski definition) is 2. The Morgan fingerprint density at radius 1 is 1.12 bits per heavy atom. The van der Waals surface area contributed by atoms with Gasteiger partial charge in [-0.2, -0.15) is 0 Å². The van der Waals surface area contributed by atoms with Gasteiger partial charge < -0.3 is 10.3 Å². The molecule has 0 unspecified atom stereocenters. The normalized spacial score (nSPS) is 11.1. The average Bonchev–Trinajstić information content (AvgIpc) is 3.01. The van der Waals surface area contributed by atoms with Gasteiger partial charge in [0, 0.05) is 18.5 Å². The van der Waals surface area contributed by atoms with Crippen LogP contribution in [0, 0.1) is 0 Å². The average molecular weight is 321 g/mol. The summed E-state index contributed by atoms with van der Waals surface area (Å²) in [5.74, 6) is 1.42. The first kappa shape index (κ1) is 16.2. The van der Waals surface area contributed by atoms with Crippen molar-refractivity contribution in [3.8, 4) is 0 Å². The molecule has 4 heteroatoms. The van der Waals surface area contributed by atoms with Crippen LogP contribution in [0.2, 0.25) is 0 Å². The molecule has 0 fully saturated rings. The molecule has 4 nitrogen and oxygen atoms in total. The lowest BCUT2D eigenvalue weighted by Crippen LogP contribution is -2.24. The van der Waals surface area contributed by atoms with E-state index in [1.165, 1.54) is 5.56 Å². The molecule has 1 heterocycles. The third-order valence-corrected chi connectivity index (χ3v) is 4.15. The number of nitrogens with one attached hydrogen (secondary N) is 2. The van der Waals surface area contributed by atoms with E-state index in [1.807, 2.05) is 48.5 Å². The van der Waals surface area contributed by atoms with E-state index >= 15 is 0 Å². The molecule has 0 aliphatic carbocycles. The summed E-state index contributed by atoms with van der Waals surface area (Å²) in [6, 6.07) is 15.8. The smallest absolute Gasteiger partial charge is 0.251 e. The number of H-pyrrole nitrogens is 1. The van der Waals surface area contributed by atoms with Crippen molar-refractivity contribution < 1.29 is 4.79 Å². The molecule has 1 aromatic heterocycles. The predicted molar refractivity (Wildman–Crippen MR) is 97.3 cm³/mol. The maximum absolute atomic E-state index is 12.1. The van der Waals surface area contributed by atoms with Gasteiger partial charge in [0.25, 0.3) is 5.91 Å². The predicted octanol–water partition coefficient (Wildman–Crippen LogP) is 4.05. The van der Waals surface area contributed by atoms with Gasteiger partial charge >= 0.3 is 0 Å². The number of hydrogen-bond acceptors (Lipinski definition) is 2. The lowest BCUT2D eigenvalue weighted by Gasteiger charge is -2.07. The minimum atomic E-state index is -0.0186. The van der Waals surface area contributed by atoms with E-state index in [-0.39, 0.29) is 5.91 Å². The SMILES string of the molecule is CC(C)c1ccc(C(=O)NCCCc2nc3ccccc3[nH]2)cc1. The molecule has 0 saturated carbocycles. The minimum Gasteiger partial charge on any atom is -0.352 e. The monoisotopic (exact) mass is 321 g/mol. The molecule has 0 saturated heterocycles. The highest BCUT2D eigenvalue weighted by molar-refractivity contribution is 5.94. The number of aromatic nitrogens is 2. The summed E-state index contributed by atoms with van der Waals surface area (Å²) in [7, 11) is 0. The standard InChI is InChI=1S/C20H23N3O/c1-14(2)15-9-11-16(12-10-15)20(24)21-13-5-8-19-22-17-6-3-4-7-18(17)23-19/h3-4,6-7,9-12,14H,5,8,13H2,1-2H3,(H,21,24)(H,22,23). The number of nitrogens with zero attached hydrogens (tertiary/aromatic N) is 1. The zero-order chi connectivity index (χ0) is 16.9. The summed E-state index contributed by atoms with van der Waals surface area (Å²) in [6.07, 6.45) is 1.68. The Morgan fingerprint density at radius 3 is 2.58 bits per heavy atom. The number of rotatable bonds is 6. The van der Waals surface area contributed by atoms with Crippen LogP contribution in [0.3, 0.4) is 0 Å². The zero-order valence-electron chi connectivity index (χ0n) is 14.2. The number of aryl methyl sites for hydroxylation is 1. The Morgan fingerprint density at radius 2 is 1.88 bits per heavy atom. The molecule has 0 spiro atoms. The fourth-order valence-electron chi connectivity index (χ4n) is 2.70. The Bertz CT molecular complexity index is 785. The van der Waals surface area contributed by atoms with Crippen LogP contribution in [0.25, 0.3) is 11.0 Å². The lowest BCUT2D eigenvalue weighted by atomic mass is 10.0. The van der Waals surface area contributed by atoms with Crippen molar-refractivity contribution in [2.24, 2.45) is 0 Å². The van der Waals surface area contributed by atoms with Gasteiger partial charge in [-0.25, -0.2) is 4.98 Å². The second kappa shape index (κ2) is 7.30. The molecule has 0 aliphatic rings. The molecular formula is C20H23N3O. The number of fused-ring (bicyclic) bond motifs is 1. The third-order valence-electron chi connectivity index (χ3n) is 4.15. The van der Waals surface area contributed by atoms with Gasteiger partial charge in [0.05, 0.1) is 11.0 Å². The summed E-state index contributed by atoms with van der Waals surface area (Å²) in [5, 5.41) is 2.97. The molecule has 2 N–H and O–H groups in total. The quantitative estimate of drug-likeness (QED) is 0.673. The van der Waals surface area contributed by atoms with Crippen molar-refractivity contribution in [1.82, 2.24) is 15.3 Å². The number of carbonyl (C=O) groups excluding carboxylic acids is 1. The fourth-order valence-corrected chi connectivity index (χ4v) is 2.70. The Kier molecular flexibility index (Phi) is 4.94. The highest BCUT2D eigenvalue weighted by Gasteiger charge is 2.07. The van der Waals surface area contributed by atoms with E-state index in [4.69, 9.17) is 0 Å². The van der Waals surface area contributed by atoms with Crippen molar-refractivity contribution in [3.05, 3.63) is 65.5 Å². The van der Waals surface area contributed by atoms with Crippen LogP contribution in [0.1, 0.15) is 47.9 Å². The van der Waals surface area contributed by atoms with E-state index in [2.05, 4.69) is 29.1 Å². The number of amides is 1. The summed E-state index contributed by atoms with van der Waals surface area (Å²) in [4.78, 5) is 20.0. The number of aromatic amines is 1. The fraction of sp³-hybridized carbons (Fsp3) is 0.300. The van der Waals surface area contributed by atoms with Crippen LogP contribution in [0.4, 0.5) is 0 Å².